The summed E-state index contributed by atoms with van der Waals surface area (Å²) >= 11 is 0. The van der Waals surface area contributed by atoms with E-state index in [4.69, 9.17) is 14.7 Å². The Morgan fingerprint density at radius 2 is 2.00 bits per heavy atom. The van der Waals surface area contributed by atoms with Crippen molar-refractivity contribution in [2.45, 2.75) is 45.3 Å². The number of carbonyl (C=O) groups excluding carboxylic acids is 2. The standard InChI is InChI=1S/C21H27N3O4/c1-21(2,3)28-19(25)16-5-4-10-23(12-16)13-18-14-24(20(26)27-18)17-8-6-15(11-22)7-9-17/h6-9,16,18H,4-5,10,12-14H2,1-3H3. The van der Waals surface area contributed by atoms with Gasteiger partial charge in [0.15, 0.2) is 0 Å². The molecule has 2 aliphatic rings. The fraction of sp³-hybridized carbons (Fsp3) is 0.571. The van der Waals surface area contributed by atoms with Crippen molar-refractivity contribution in [3.05, 3.63) is 29.8 Å². The molecular weight excluding hydrogens is 358 g/mol. The summed E-state index contributed by atoms with van der Waals surface area (Å²) in [6.07, 6.45) is 1.12. The quantitative estimate of drug-likeness (QED) is 0.741. The van der Waals surface area contributed by atoms with Gasteiger partial charge in [0.2, 0.25) is 0 Å². The van der Waals surface area contributed by atoms with Gasteiger partial charge in [-0.05, 0) is 64.4 Å². The van der Waals surface area contributed by atoms with Crippen molar-refractivity contribution in [1.29, 1.82) is 5.26 Å². The molecule has 0 aromatic heterocycles. The van der Waals surface area contributed by atoms with E-state index in [9.17, 15) is 9.59 Å². The molecule has 1 aromatic rings. The molecular formula is C21H27N3O4. The van der Waals surface area contributed by atoms with Crippen LogP contribution in [0, 0.1) is 17.2 Å². The molecule has 0 saturated carbocycles. The summed E-state index contributed by atoms with van der Waals surface area (Å²) in [4.78, 5) is 28.4. The SMILES string of the molecule is CC(C)(C)OC(=O)C1CCCN(CC2CN(c3ccc(C#N)cc3)C(=O)O2)C1. The third kappa shape index (κ3) is 5.02. The van der Waals surface area contributed by atoms with E-state index >= 15 is 0 Å². The zero-order valence-electron chi connectivity index (χ0n) is 16.7. The summed E-state index contributed by atoms with van der Waals surface area (Å²) in [5, 5.41) is 8.90. The first kappa shape index (κ1) is 20.2. The van der Waals surface area contributed by atoms with Crippen LogP contribution in [0.2, 0.25) is 0 Å². The molecule has 0 radical (unpaired) electrons. The average molecular weight is 385 g/mol. The van der Waals surface area contributed by atoms with Crippen LogP contribution in [0.3, 0.4) is 0 Å². The molecule has 3 rings (SSSR count). The number of rotatable bonds is 4. The van der Waals surface area contributed by atoms with Crippen LogP contribution in [0.5, 0.6) is 0 Å². The normalized spacial score (nSPS) is 23.2. The van der Waals surface area contributed by atoms with Gasteiger partial charge in [0.1, 0.15) is 11.7 Å². The van der Waals surface area contributed by atoms with Gasteiger partial charge in [-0.15, -0.1) is 0 Å². The highest BCUT2D eigenvalue weighted by Crippen LogP contribution is 2.25. The second kappa shape index (κ2) is 8.19. The van der Waals surface area contributed by atoms with Crippen molar-refractivity contribution < 1.29 is 19.1 Å². The molecule has 28 heavy (non-hydrogen) atoms. The first-order valence-corrected chi connectivity index (χ1v) is 9.69. The van der Waals surface area contributed by atoms with Crippen LogP contribution in [0.1, 0.15) is 39.2 Å². The van der Waals surface area contributed by atoms with E-state index in [0.29, 0.717) is 25.2 Å². The minimum Gasteiger partial charge on any atom is -0.460 e. The second-order valence-corrected chi connectivity index (χ2v) is 8.41. The van der Waals surface area contributed by atoms with E-state index in [1.54, 1.807) is 29.2 Å². The van der Waals surface area contributed by atoms with Crippen molar-refractivity contribution in [3.8, 4) is 6.07 Å². The molecule has 2 fully saturated rings. The molecule has 0 aliphatic carbocycles. The summed E-state index contributed by atoms with van der Waals surface area (Å²) in [7, 11) is 0. The molecule has 7 nitrogen and oxygen atoms in total. The number of hydrogen-bond acceptors (Lipinski definition) is 6. The Bertz CT molecular complexity index is 763. The number of esters is 1. The van der Waals surface area contributed by atoms with Crippen molar-refractivity contribution in [2.24, 2.45) is 5.92 Å². The van der Waals surface area contributed by atoms with Gasteiger partial charge in [0.05, 0.1) is 24.1 Å². The smallest absolute Gasteiger partial charge is 0.414 e. The number of likely N-dealkylation sites (tertiary alicyclic amines) is 1. The third-order valence-corrected chi connectivity index (χ3v) is 4.89. The van der Waals surface area contributed by atoms with Gasteiger partial charge < -0.3 is 9.47 Å². The van der Waals surface area contributed by atoms with Crippen LogP contribution in [0.25, 0.3) is 0 Å². The maximum Gasteiger partial charge on any atom is 0.414 e. The zero-order valence-corrected chi connectivity index (χ0v) is 16.7. The molecule has 2 saturated heterocycles. The molecule has 2 heterocycles. The predicted octanol–water partition coefficient (Wildman–Crippen LogP) is 2.94. The second-order valence-electron chi connectivity index (χ2n) is 8.41. The minimum atomic E-state index is -0.484. The minimum absolute atomic E-state index is 0.139. The Morgan fingerprint density at radius 3 is 2.64 bits per heavy atom. The van der Waals surface area contributed by atoms with Crippen LogP contribution in [0.15, 0.2) is 24.3 Å². The number of anilines is 1. The van der Waals surface area contributed by atoms with E-state index in [2.05, 4.69) is 11.0 Å². The lowest BCUT2D eigenvalue weighted by molar-refractivity contribution is -0.162. The molecule has 150 valence electrons. The molecule has 2 aliphatic heterocycles. The molecule has 7 heteroatoms. The van der Waals surface area contributed by atoms with E-state index in [-0.39, 0.29) is 24.1 Å². The van der Waals surface area contributed by atoms with Crippen LogP contribution in [-0.4, -0.2) is 54.8 Å². The summed E-state index contributed by atoms with van der Waals surface area (Å²) in [5.41, 5.74) is 0.785. The lowest BCUT2D eigenvalue weighted by Crippen LogP contribution is -2.44. The number of nitrogens with zero attached hydrogens (tertiary/aromatic N) is 3. The Labute approximate surface area is 165 Å². The monoisotopic (exact) mass is 385 g/mol. The van der Waals surface area contributed by atoms with Crippen LogP contribution in [0.4, 0.5) is 10.5 Å². The van der Waals surface area contributed by atoms with Gasteiger partial charge in [0.25, 0.3) is 0 Å². The first-order chi connectivity index (χ1) is 13.2. The number of carbonyl (C=O) groups is 2. The summed E-state index contributed by atoms with van der Waals surface area (Å²) in [5.74, 6) is -0.292. The summed E-state index contributed by atoms with van der Waals surface area (Å²) < 4.78 is 11.1. The highest BCUT2D eigenvalue weighted by molar-refractivity contribution is 5.89. The summed E-state index contributed by atoms with van der Waals surface area (Å²) in [6.45, 7) is 8.18. The maximum atomic E-state index is 12.4. The van der Waals surface area contributed by atoms with E-state index in [1.807, 2.05) is 20.8 Å². The van der Waals surface area contributed by atoms with Crippen LogP contribution in [-0.2, 0) is 14.3 Å². The van der Waals surface area contributed by atoms with Crippen molar-refractivity contribution in [3.63, 3.8) is 0 Å². The third-order valence-electron chi connectivity index (χ3n) is 4.89. The van der Waals surface area contributed by atoms with Gasteiger partial charge in [-0.25, -0.2) is 4.79 Å². The highest BCUT2D eigenvalue weighted by atomic mass is 16.6. The maximum absolute atomic E-state index is 12.4. The number of ether oxygens (including phenoxy) is 2. The Kier molecular flexibility index (Phi) is 5.90. The van der Waals surface area contributed by atoms with Crippen molar-refractivity contribution >= 4 is 17.7 Å². The number of hydrogen-bond donors (Lipinski definition) is 0. The zero-order chi connectivity index (χ0) is 20.3. The topological polar surface area (TPSA) is 82.9 Å². The lowest BCUT2D eigenvalue weighted by atomic mass is 9.97. The Balaban J connectivity index is 1.56. The molecule has 0 bridgehead atoms. The number of cyclic esters (lactones) is 1. The van der Waals surface area contributed by atoms with Crippen molar-refractivity contribution in [1.82, 2.24) is 4.90 Å². The predicted molar refractivity (Wildman–Crippen MR) is 104 cm³/mol. The average Bonchev–Trinajstić information content (AvgIpc) is 3.00. The summed E-state index contributed by atoms with van der Waals surface area (Å²) in [6, 6.07) is 8.94. The first-order valence-electron chi connectivity index (χ1n) is 9.69. The molecule has 2 unspecified atom stereocenters. The fourth-order valence-electron chi connectivity index (χ4n) is 3.63. The number of piperidine rings is 1. The van der Waals surface area contributed by atoms with Gasteiger partial charge in [-0.3, -0.25) is 14.6 Å². The van der Waals surface area contributed by atoms with E-state index in [1.165, 1.54) is 0 Å². The van der Waals surface area contributed by atoms with Gasteiger partial charge in [0, 0.05) is 18.8 Å². The Morgan fingerprint density at radius 1 is 1.29 bits per heavy atom. The van der Waals surface area contributed by atoms with Gasteiger partial charge >= 0.3 is 12.1 Å². The number of nitriles is 1. The number of amides is 1. The molecule has 2 atom stereocenters. The van der Waals surface area contributed by atoms with Crippen LogP contribution >= 0.6 is 0 Å². The van der Waals surface area contributed by atoms with Gasteiger partial charge in [-0.2, -0.15) is 5.26 Å². The lowest BCUT2D eigenvalue weighted by Gasteiger charge is -2.33. The molecule has 0 N–H and O–H groups in total. The van der Waals surface area contributed by atoms with Crippen LogP contribution < -0.4 is 4.90 Å². The fourth-order valence-corrected chi connectivity index (χ4v) is 3.63. The van der Waals surface area contributed by atoms with Crippen molar-refractivity contribution in [2.75, 3.05) is 31.1 Å². The molecule has 1 amide bonds. The van der Waals surface area contributed by atoms with Gasteiger partial charge in [-0.1, -0.05) is 0 Å². The van der Waals surface area contributed by atoms with E-state index in [0.717, 1.165) is 25.1 Å². The Hall–Kier alpha value is -2.59. The molecule has 1 aromatic carbocycles. The van der Waals surface area contributed by atoms with E-state index < -0.39 is 5.60 Å². The molecule has 0 spiro atoms. The number of benzene rings is 1. The largest absolute Gasteiger partial charge is 0.460 e. The highest BCUT2D eigenvalue weighted by Gasteiger charge is 2.36.